The second-order valence-electron chi connectivity index (χ2n) is 3.10. The van der Waals surface area contributed by atoms with Gasteiger partial charge in [0.2, 0.25) is 0 Å². The lowest BCUT2D eigenvalue weighted by Crippen LogP contribution is -2.11. The first kappa shape index (κ1) is 15.6. The van der Waals surface area contributed by atoms with Gasteiger partial charge in [-0.1, -0.05) is 25.1 Å². The summed E-state index contributed by atoms with van der Waals surface area (Å²) in [7, 11) is 0. The highest BCUT2D eigenvalue weighted by atomic mass is 35.5. The molecule has 1 rings (SSSR count). The molecule has 0 aliphatic carbocycles. The highest BCUT2D eigenvalue weighted by molar-refractivity contribution is 8.00. The van der Waals surface area contributed by atoms with Gasteiger partial charge in [0.1, 0.15) is 0 Å². The molecule has 0 heterocycles. The molecule has 0 saturated carbocycles. The summed E-state index contributed by atoms with van der Waals surface area (Å²) >= 11 is -0.109. The number of nitrogens with two attached hydrogens (primary N) is 1. The molecule has 0 amide bonds. The molecule has 1 atom stereocenters. The van der Waals surface area contributed by atoms with Crippen molar-refractivity contribution >= 4 is 24.2 Å². The zero-order chi connectivity index (χ0) is 11.5. The lowest BCUT2D eigenvalue weighted by Gasteiger charge is -2.15. The number of hydrogen-bond acceptors (Lipinski definition) is 2. The fourth-order valence-electron chi connectivity index (χ4n) is 1.22. The molecule has 0 radical (unpaired) electrons. The van der Waals surface area contributed by atoms with Crippen LogP contribution in [-0.4, -0.2) is 5.51 Å². The summed E-state index contributed by atoms with van der Waals surface area (Å²) in [4.78, 5) is 0.194. The maximum Gasteiger partial charge on any atom is 0.446 e. The molecule has 0 bridgehead atoms. The summed E-state index contributed by atoms with van der Waals surface area (Å²) in [5.41, 5.74) is 2.03. The van der Waals surface area contributed by atoms with Gasteiger partial charge in [-0.25, -0.2) is 0 Å². The quantitative estimate of drug-likeness (QED) is 0.837. The zero-order valence-corrected chi connectivity index (χ0v) is 10.3. The Morgan fingerprint density at radius 1 is 1.31 bits per heavy atom. The molecule has 0 saturated heterocycles. The van der Waals surface area contributed by atoms with Crippen molar-refractivity contribution in [2.75, 3.05) is 0 Å². The van der Waals surface area contributed by atoms with E-state index in [-0.39, 0.29) is 35.1 Å². The maximum atomic E-state index is 12.2. The number of alkyl halides is 3. The van der Waals surface area contributed by atoms with Crippen LogP contribution in [0.5, 0.6) is 0 Å². The van der Waals surface area contributed by atoms with Gasteiger partial charge < -0.3 is 5.73 Å². The maximum absolute atomic E-state index is 12.2. The third-order valence-electron chi connectivity index (χ3n) is 1.98. The summed E-state index contributed by atoms with van der Waals surface area (Å²) in [5.74, 6) is 0. The highest BCUT2D eigenvalue weighted by Crippen LogP contribution is 2.39. The van der Waals surface area contributed by atoms with Crippen LogP contribution in [0.2, 0.25) is 0 Å². The highest BCUT2D eigenvalue weighted by Gasteiger charge is 2.30. The summed E-state index contributed by atoms with van der Waals surface area (Å²) in [6, 6.07) is 6.03. The van der Waals surface area contributed by atoms with E-state index in [4.69, 9.17) is 5.73 Å². The number of hydrogen-bond donors (Lipinski definition) is 1. The van der Waals surface area contributed by atoms with Gasteiger partial charge in [0.15, 0.2) is 0 Å². The number of benzene rings is 1. The summed E-state index contributed by atoms with van der Waals surface area (Å²) in [6.45, 7) is 1.85. The van der Waals surface area contributed by atoms with E-state index in [1.807, 2.05) is 6.92 Å². The van der Waals surface area contributed by atoms with Gasteiger partial charge >= 0.3 is 5.51 Å². The van der Waals surface area contributed by atoms with E-state index in [9.17, 15) is 13.2 Å². The minimum atomic E-state index is -4.26. The minimum Gasteiger partial charge on any atom is -0.324 e. The normalized spacial score (nSPS) is 13.1. The molecule has 6 heteroatoms. The monoisotopic (exact) mass is 271 g/mol. The van der Waals surface area contributed by atoms with Crippen LogP contribution >= 0.6 is 24.2 Å². The number of thioether (sulfide) groups is 1. The first-order chi connectivity index (χ1) is 6.94. The second-order valence-corrected chi connectivity index (χ2v) is 4.21. The summed E-state index contributed by atoms with van der Waals surface area (Å²) in [5, 5.41) is 0. The molecular formula is C10H13ClF3NS. The van der Waals surface area contributed by atoms with Crippen LogP contribution in [0, 0.1) is 0 Å². The van der Waals surface area contributed by atoms with Crippen LogP contribution in [0.3, 0.4) is 0 Å². The van der Waals surface area contributed by atoms with Crippen LogP contribution in [0.15, 0.2) is 29.2 Å². The van der Waals surface area contributed by atoms with Gasteiger partial charge in [-0.15, -0.1) is 12.4 Å². The van der Waals surface area contributed by atoms with Crippen LogP contribution in [0.4, 0.5) is 13.2 Å². The van der Waals surface area contributed by atoms with Gasteiger partial charge in [-0.2, -0.15) is 13.2 Å². The fraction of sp³-hybridized carbons (Fsp3) is 0.400. The third-order valence-corrected chi connectivity index (χ3v) is 2.81. The van der Waals surface area contributed by atoms with E-state index in [2.05, 4.69) is 0 Å². The Morgan fingerprint density at radius 3 is 2.38 bits per heavy atom. The fourth-order valence-corrected chi connectivity index (χ4v) is 1.96. The number of rotatable bonds is 3. The summed E-state index contributed by atoms with van der Waals surface area (Å²) in [6.07, 6.45) is 0.620. The predicted molar refractivity (Wildman–Crippen MR) is 62.8 cm³/mol. The lowest BCUT2D eigenvalue weighted by atomic mass is 10.1. The van der Waals surface area contributed by atoms with Crippen LogP contribution in [0.1, 0.15) is 24.9 Å². The van der Waals surface area contributed by atoms with E-state index < -0.39 is 5.51 Å². The first-order valence-corrected chi connectivity index (χ1v) is 5.36. The molecule has 0 aromatic heterocycles. The van der Waals surface area contributed by atoms with Gasteiger partial charge in [0.05, 0.1) is 0 Å². The van der Waals surface area contributed by atoms with Crippen molar-refractivity contribution in [3.63, 3.8) is 0 Å². The van der Waals surface area contributed by atoms with Crippen molar-refractivity contribution in [1.82, 2.24) is 0 Å². The molecule has 0 fully saturated rings. The van der Waals surface area contributed by atoms with Crippen LogP contribution in [-0.2, 0) is 0 Å². The minimum absolute atomic E-state index is 0. The van der Waals surface area contributed by atoms with Gasteiger partial charge in [0, 0.05) is 10.9 Å². The van der Waals surface area contributed by atoms with Gasteiger partial charge in [-0.05, 0) is 29.8 Å². The third kappa shape index (κ3) is 4.63. The molecule has 0 aliphatic rings. The molecule has 0 aliphatic heterocycles. The van der Waals surface area contributed by atoms with Crippen molar-refractivity contribution in [3.8, 4) is 0 Å². The Hall–Kier alpha value is -0.390. The standard InChI is InChI=1S/C10H12F3NS.ClH/c1-2-8(14)7-5-3-4-6-9(7)15-10(11,12)13;/h3-6,8H,2,14H2,1H3;1H/t8-;/m0./s1. The Balaban J connectivity index is 0.00000225. The Bertz CT molecular complexity index is 330. The van der Waals surface area contributed by atoms with Crippen molar-refractivity contribution < 1.29 is 13.2 Å². The van der Waals surface area contributed by atoms with E-state index in [0.29, 0.717) is 12.0 Å². The molecule has 1 nitrogen and oxygen atoms in total. The molecule has 1 aromatic rings. The average Bonchev–Trinajstić information content (AvgIpc) is 2.15. The van der Waals surface area contributed by atoms with Crippen molar-refractivity contribution in [3.05, 3.63) is 29.8 Å². The zero-order valence-electron chi connectivity index (χ0n) is 8.62. The van der Waals surface area contributed by atoms with Gasteiger partial charge in [0.25, 0.3) is 0 Å². The largest absolute Gasteiger partial charge is 0.446 e. The van der Waals surface area contributed by atoms with E-state index >= 15 is 0 Å². The first-order valence-electron chi connectivity index (χ1n) is 4.54. The van der Waals surface area contributed by atoms with Crippen LogP contribution in [0.25, 0.3) is 0 Å². The SMILES string of the molecule is CC[C@H](N)c1ccccc1SC(F)(F)F.Cl. The van der Waals surface area contributed by atoms with Gasteiger partial charge in [-0.3, -0.25) is 0 Å². The molecule has 0 spiro atoms. The van der Waals surface area contributed by atoms with Crippen LogP contribution < -0.4 is 5.73 Å². The molecule has 0 unspecified atom stereocenters. The Morgan fingerprint density at radius 2 is 1.88 bits per heavy atom. The van der Waals surface area contributed by atoms with E-state index in [1.54, 1.807) is 18.2 Å². The molecule has 92 valence electrons. The predicted octanol–water partition coefficient (Wildman–Crippen LogP) is 4.13. The van der Waals surface area contributed by atoms with Crippen molar-refractivity contribution in [1.29, 1.82) is 0 Å². The number of halogens is 4. The Labute approximate surface area is 103 Å². The molecule has 1 aromatic carbocycles. The lowest BCUT2D eigenvalue weighted by molar-refractivity contribution is -0.0328. The topological polar surface area (TPSA) is 26.0 Å². The molecular weight excluding hydrogens is 259 g/mol. The second kappa shape index (κ2) is 6.37. The molecule has 2 N–H and O–H groups in total. The smallest absolute Gasteiger partial charge is 0.324 e. The Kier molecular flexibility index (Phi) is 6.22. The summed E-state index contributed by atoms with van der Waals surface area (Å²) < 4.78 is 36.6. The average molecular weight is 272 g/mol. The molecule has 16 heavy (non-hydrogen) atoms. The van der Waals surface area contributed by atoms with Crippen molar-refractivity contribution in [2.24, 2.45) is 5.73 Å². The van der Waals surface area contributed by atoms with E-state index in [1.165, 1.54) is 6.07 Å². The van der Waals surface area contributed by atoms with E-state index in [0.717, 1.165) is 0 Å². The van der Waals surface area contributed by atoms with Crippen molar-refractivity contribution in [2.45, 2.75) is 29.8 Å².